The molecular formula is C20H33N5O3. The first kappa shape index (κ1) is 20.8. The lowest BCUT2D eigenvalue weighted by atomic mass is 9.93. The SMILES string of the molecule is CC(=O)NC1CCN(C[C@]2(O)CCCN(C(=O)Cn3cc(C)cn3)CC2)CC1. The normalized spacial score (nSPS) is 24.8. The van der Waals surface area contributed by atoms with Crippen molar-refractivity contribution in [3.05, 3.63) is 18.0 Å². The predicted octanol–water partition coefficient (Wildman–Crippen LogP) is 0.536. The molecule has 2 amide bonds. The number of nitrogens with zero attached hydrogens (tertiary/aromatic N) is 4. The number of carbonyl (C=O) groups is 2. The van der Waals surface area contributed by atoms with Crippen molar-refractivity contribution < 1.29 is 14.7 Å². The minimum Gasteiger partial charge on any atom is -0.388 e. The van der Waals surface area contributed by atoms with E-state index in [1.54, 1.807) is 17.8 Å². The van der Waals surface area contributed by atoms with Crippen LogP contribution in [0.15, 0.2) is 12.4 Å². The van der Waals surface area contributed by atoms with Crippen LogP contribution in [0.1, 0.15) is 44.6 Å². The molecule has 3 heterocycles. The van der Waals surface area contributed by atoms with Crippen molar-refractivity contribution in [2.45, 2.75) is 64.1 Å². The molecule has 2 aliphatic heterocycles. The first-order chi connectivity index (χ1) is 13.3. The Hall–Kier alpha value is -1.93. The molecule has 156 valence electrons. The summed E-state index contributed by atoms with van der Waals surface area (Å²) in [5.41, 5.74) is 0.290. The highest BCUT2D eigenvalue weighted by Gasteiger charge is 2.34. The van der Waals surface area contributed by atoms with E-state index in [0.29, 0.717) is 32.5 Å². The zero-order valence-corrected chi connectivity index (χ0v) is 17.1. The number of aryl methyl sites for hydroxylation is 1. The third kappa shape index (κ3) is 5.78. The van der Waals surface area contributed by atoms with Crippen molar-refractivity contribution >= 4 is 11.8 Å². The number of β-amino-alcohol motifs (C(OH)–C–C–N with tert-alkyl or cyclic N) is 1. The summed E-state index contributed by atoms with van der Waals surface area (Å²) in [6.07, 6.45) is 7.59. The quantitative estimate of drug-likeness (QED) is 0.764. The van der Waals surface area contributed by atoms with Crippen molar-refractivity contribution in [1.29, 1.82) is 0 Å². The molecule has 2 N–H and O–H groups in total. The Kier molecular flexibility index (Phi) is 6.72. The van der Waals surface area contributed by atoms with Gasteiger partial charge >= 0.3 is 0 Å². The Morgan fingerprint density at radius 2 is 2.00 bits per heavy atom. The molecule has 0 bridgehead atoms. The van der Waals surface area contributed by atoms with E-state index in [0.717, 1.165) is 37.9 Å². The number of hydrogen-bond acceptors (Lipinski definition) is 5. The van der Waals surface area contributed by atoms with E-state index in [1.807, 2.05) is 18.0 Å². The number of aromatic nitrogens is 2. The van der Waals surface area contributed by atoms with Gasteiger partial charge in [-0.1, -0.05) is 0 Å². The average molecular weight is 392 g/mol. The summed E-state index contributed by atoms with van der Waals surface area (Å²) in [7, 11) is 0. The molecule has 0 radical (unpaired) electrons. The van der Waals surface area contributed by atoms with Gasteiger partial charge < -0.3 is 20.2 Å². The zero-order chi connectivity index (χ0) is 20.1. The highest BCUT2D eigenvalue weighted by Crippen LogP contribution is 2.25. The third-order valence-corrected chi connectivity index (χ3v) is 5.84. The molecule has 0 saturated carbocycles. The number of hydrogen-bond donors (Lipinski definition) is 2. The molecule has 28 heavy (non-hydrogen) atoms. The van der Waals surface area contributed by atoms with Crippen LogP contribution in [-0.2, 0) is 16.1 Å². The fraction of sp³-hybridized carbons (Fsp3) is 0.750. The van der Waals surface area contributed by atoms with Crippen LogP contribution in [0.2, 0.25) is 0 Å². The Bertz CT molecular complexity index is 683. The van der Waals surface area contributed by atoms with Crippen LogP contribution in [0.25, 0.3) is 0 Å². The van der Waals surface area contributed by atoms with Gasteiger partial charge in [0.15, 0.2) is 0 Å². The number of nitrogens with one attached hydrogen (secondary N) is 1. The topological polar surface area (TPSA) is 90.7 Å². The van der Waals surface area contributed by atoms with Gasteiger partial charge in [0.25, 0.3) is 0 Å². The number of rotatable bonds is 5. The van der Waals surface area contributed by atoms with E-state index >= 15 is 0 Å². The Morgan fingerprint density at radius 1 is 1.25 bits per heavy atom. The minimum atomic E-state index is -0.752. The van der Waals surface area contributed by atoms with E-state index in [2.05, 4.69) is 15.3 Å². The molecule has 1 aromatic heterocycles. The van der Waals surface area contributed by atoms with Crippen molar-refractivity contribution in [3.63, 3.8) is 0 Å². The third-order valence-electron chi connectivity index (χ3n) is 5.84. The maximum atomic E-state index is 12.6. The highest BCUT2D eigenvalue weighted by molar-refractivity contribution is 5.76. The van der Waals surface area contributed by atoms with Crippen molar-refractivity contribution in [2.75, 3.05) is 32.7 Å². The zero-order valence-electron chi connectivity index (χ0n) is 17.1. The van der Waals surface area contributed by atoms with Gasteiger partial charge in [0.05, 0.1) is 11.8 Å². The van der Waals surface area contributed by atoms with E-state index in [9.17, 15) is 14.7 Å². The Morgan fingerprint density at radius 3 is 2.64 bits per heavy atom. The van der Waals surface area contributed by atoms with Crippen molar-refractivity contribution in [3.8, 4) is 0 Å². The van der Waals surface area contributed by atoms with Crippen LogP contribution >= 0.6 is 0 Å². The summed E-state index contributed by atoms with van der Waals surface area (Å²) >= 11 is 0. The molecule has 2 saturated heterocycles. The van der Waals surface area contributed by atoms with Gasteiger partial charge in [-0.05, 0) is 44.6 Å². The molecule has 0 aromatic carbocycles. The number of carbonyl (C=O) groups excluding carboxylic acids is 2. The van der Waals surface area contributed by atoms with Gasteiger partial charge in [0.1, 0.15) is 6.54 Å². The minimum absolute atomic E-state index is 0.0240. The van der Waals surface area contributed by atoms with Gasteiger partial charge in [-0.3, -0.25) is 14.3 Å². The fourth-order valence-corrected chi connectivity index (χ4v) is 4.32. The van der Waals surface area contributed by atoms with E-state index in [1.165, 1.54) is 0 Å². The van der Waals surface area contributed by atoms with Crippen LogP contribution in [0, 0.1) is 6.92 Å². The molecule has 1 atom stereocenters. The monoisotopic (exact) mass is 391 g/mol. The van der Waals surface area contributed by atoms with Crippen molar-refractivity contribution in [2.24, 2.45) is 0 Å². The maximum absolute atomic E-state index is 12.6. The summed E-state index contributed by atoms with van der Waals surface area (Å²) in [6, 6.07) is 0.247. The molecule has 8 nitrogen and oxygen atoms in total. The lowest BCUT2D eigenvalue weighted by molar-refractivity contribution is -0.132. The number of amides is 2. The first-order valence-electron chi connectivity index (χ1n) is 10.3. The second-order valence-electron chi connectivity index (χ2n) is 8.42. The van der Waals surface area contributed by atoms with Gasteiger partial charge in [0, 0.05) is 51.9 Å². The molecule has 1 aromatic rings. The smallest absolute Gasteiger partial charge is 0.244 e. The second-order valence-corrected chi connectivity index (χ2v) is 8.42. The van der Waals surface area contributed by atoms with Crippen LogP contribution in [0.4, 0.5) is 0 Å². The van der Waals surface area contributed by atoms with Crippen LogP contribution in [-0.4, -0.2) is 80.9 Å². The standard InChI is InChI=1S/C20H33N5O3/c1-16-12-21-25(13-16)14-19(27)24-8-3-6-20(28,7-11-24)15-23-9-4-18(5-10-23)22-17(2)26/h12-13,18,28H,3-11,14-15H2,1-2H3,(H,22,26)/t20-/m0/s1. The summed E-state index contributed by atoms with van der Waals surface area (Å²) in [5, 5.41) is 18.3. The lowest BCUT2D eigenvalue weighted by Gasteiger charge is -2.38. The lowest BCUT2D eigenvalue weighted by Crippen LogP contribution is -2.50. The Balaban J connectivity index is 1.47. The summed E-state index contributed by atoms with van der Waals surface area (Å²) < 4.78 is 1.67. The van der Waals surface area contributed by atoms with Gasteiger partial charge in [-0.15, -0.1) is 0 Å². The second kappa shape index (κ2) is 9.05. The largest absolute Gasteiger partial charge is 0.388 e. The summed E-state index contributed by atoms with van der Waals surface area (Å²) in [5.74, 6) is 0.0827. The molecule has 3 rings (SSSR count). The van der Waals surface area contributed by atoms with E-state index in [-0.39, 0.29) is 24.4 Å². The van der Waals surface area contributed by atoms with E-state index in [4.69, 9.17) is 0 Å². The number of likely N-dealkylation sites (tertiary alicyclic amines) is 2. The molecule has 8 heteroatoms. The van der Waals surface area contributed by atoms with Crippen LogP contribution in [0.3, 0.4) is 0 Å². The molecular weight excluding hydrogens is 358 g/mol. The predicted molar refractivity (Wildman–Crippen MR) is 106 cm³/mol. The van der Waals surface area contributed by atoms with Gasteiger partial charge in [-0.25, -0.2) is 0 Å². The van der Waals surface area contributed by atoms with Gasteiger partial charge in [-0.2, -0.15) is 5.10 Å². The van der Waals surface area contributed by atoms with Crippen LogP contribution in [0.5, 0.6) is 0 Å². The maximum Gasteiger partial charge on any atom is 0.244 e. The van der Waals surface area contributed by atoms with E-state index < -0.39 is 5.60 Å². The molecule has 0 spiro atoms. The number of aliphatic hydroxyl groups is 1. The summed E-state index contributed by atoms with van der Waals surface area (Å²) in [6.45, 7) is 7.44. The Labute approximate surface area is 166 Å². The van der Waals surface area contributed by atoms with Crippen molar-refractivity contribution in [1.82, 2.24) is 24.9 Å². The van der Waals surface area contributed by atoms with Crippen LogP contribution < -0.4 is 5.32 Å². The highest BCUT2D eigenvalue weighted by atomic mass is 16.3. The number of piperidine rings is 1. The molecule has 0 aliphatic carbocycles. The first-order valence-corrected chi connectivity index (χ1v) is 10.3. The molecule has 2 aliphatic rings. The molecule has 0 unspecified atom stereocenters. The van der Waals surface area contributed by atoms with Gasteiger partial charge in [0.2, 0.25) is 11.8 Å². The molecule has 2 fully saturated rings. The average Bonchev–Trinajstić information content (AvgIpc) is 2.93. The fourth-order valence-electron chi connectivity index (χ4n) is 4.32. The summed E-state index contributed by atoms with van der Waals surface area (Å²) in [4.78, 5) is 27.9.